The van der Waals surface area contributed by atoms with E-state index >= 15 is 0 Å². The number of carbonyl (C=O) groups excluding carboxylic acids is 1. The molecule has 1 saturated carbocycles. The van der Waals surface area contributed by atoms with Crippen molar-refractivity contribution in [3.8, 4) is 0 Å². The van der Waals surface area contributed by atoms with Gasteiger partial charge in [-0.1, -0.05) is 26.2 Å². The summed E-state index contributed by atoms with van der Waals surface area (Å²) in [6.45, 7) is 3.94. The molecular weight excluding hydrogens is 240 g/mol. The fourth-order valence-electron chi connectivity index (χ4n) is 3.57. The average molecular weight is 268 g/mol. The lowest BCUT2D eigenvalue weighted by molar-refractivity contribution is -0.134. The Morgan fingerprint density at radius 3 is 2.79 bits per heavy atom. The first-order chi connectivity index (χ1) is 9.18. The third kappa shape index (κ3) is 3.48. The van der Waals surface area contributed by atoms with Gasteiger partial charge in [0.25, 0.3) is 0 Å². The molecule has 1 aliphatic carbocycles. The van der Waals surface area contributed by atoms with Crippen LogP contribution in [0.1, 0.15) is 58.3 Å². The summed E-state index contributed by atoms with van der Waals surface area (Å²) in [6, 6.07) is -0.0306. The van der Waals surface area contributed by atoms with Crippen LogP contribution in [0.25, 0.3) is 0 Å². The van der Waals surface area contributed by atoms with E-state index in [0.717, 1.165) is 64.5 Å². The van der Waals surface area contributed by atoms with Crippen molar-refractivity contribution in [2.24, 2.45) is 5.41 Å². The van der Waals surface area contributed by atoms with E-state index < -0.39 is 0 Å². The van der Waals surface area contributed by atoms with Crippen molar-refractivity contribution in [1.82, 2.24) is 10.6 Å². The van der Waals surface area contributed by atoms with E-state index in [4.69, 9.17) is 0 Å². The topological polar surface area (TPSA) is 61.4 Å². The molecule has 0 radical (unpaired) electrons. The van der Waals surface area contributed by atoms with Gasteiger partial charge in [-0.15, -0.1) is 0 Å². The number of aliphatic hydroxyl groups excluding tert-OH is 1. The predicted molar refractivity (Wildman–Crippen MR) is 75.9 cm³/mol. The molecule has 19 heavy (non-hydrogen) atoms. The third-order valence-electron chi connectivity index (χ3n) is 4.73. The zero-order chi connectivity index (χ0) is 13.7. The molecule has 2 aliphatic rings. The quantitative estimate of drug-likeness (QED) is 0.725. The van der Waals surface area contributed by atoms with Gasteiger partial charge in [0, 0.05) is 6.54 Å². The number of hydrogen-bond donors (Lipinski definition) is 3. The van der Waals surface area contributed by atoms with Crippen LogP contribution in [-0.2, 0) is 4.79 Å². The zero-order valence-corrected chi connectivity index (χ0v) is 12.1. The average Bonchev–Trinajstić information content (AvgIpc) is 2.42. The van der Waals surface area contributed by atoms with Gasteiger partial charge in [-0.25, -0.2) is 0 Å². The van der Waals surface area contributed by atoms with Crippen LogP contribution in [0.4, 0.5) is 0 Å². The first-order valence-electron chi connectivity index (χ1n) is 7.88. The summed E-state index contributed by atoms with van der Waals surface area (Å²) in [6.07, 6.45) is 7.59. The normalized spacial score (nSPS) is 35.9. The van der Waals surface area contributed by atoms with E-state index in [2.05, 4.69) is 17.6 Å². The number of nitrogens with one attached hydrogen (secondary N) is 2. The lowest BCUT2D eigenvalue weighted by Crippen LogP contribution is -2.55. The number of piperidine rings is 1. The van der Waals surface area contributed by atoms with Gasteiger partial charge in [-0.2, -0.15) is 0 Å². The van der Waals surface area contributed by atoms with Crippen LogP contribution < -0.4 is 10.6 Å². The second kappa shape index (κ2) is 6.71. The first kappa shape index (κ1) is 14.8. The first-order valence-corrected chi connectivity index (χ1v) is 7.88. The lowest BCUT2D eigenvalue weighted by Gasteiger charge is -2.39. The highest BCUT2D eigenvalue weighted by Crippen LogP contribution is 2.32. The van der Waals surface area contributed by atoms with Crippen molar-refractivity contribution in [3.63, 3.8) is 0 Å². The molecule has 0 aromatic heterocycles. The van der Waals surface area contributed by atoms with E-state index in [1.807, 2.05) is 0 Å². The van der Waals surface area contributed by atoms with Crippen molar-refractivity contribution in [2.45, 2.75) is 70.4 Å². The maximum atomic E-state index is 12.7. The third-order valence-corrected chi connectivity index (χ3v) is 4.73. The summed E-state index contributed by atoms with van der Waals surface area (Å²) in [7, 11) is 0. The van der Waals surface area contributed by atoms with Gasteiger partial charge >= 0.3 is 0 Å². The standard InChI is InChI=1S/C15H28N2O2/c1-2-8-15(9-5-10-16-11-15)14(19)17-12-6-3-4-7-13(12)18/h12-13,16,18H,2-11H2,1H3,(H,17,19). The van der Waals surface area contributed by atoms with Crippen molar-refractivity contribution >= 4 is 5.91 Å². The molecule has 3 N–H and O–H groups in total. The van der Waals surface area contributed by atoms with Crippen molar-refractivity contribution in [1.29, 1.82) is 0 Å². The molecule has 2 rings (SSSR count). The van der Waals surface area contributed by atoms with E-state index in [0.29, 0.717) is 0 Å². The van der Waals surface area contributed by atoms with Gasteiger partial charge in [0.2, 0.25) is 5.91 Å². The minimum atomic E-state index is -0.354. The fraction of sp³-hybridized carbons (Fsp3) is 0.933. The van der Waals surface area contributed by atoms with Crippen LogP contribution in [0.5, 0.6) is 0 Å². The Morgan fingerprint density at radius 1 is 1.37 bits per heavy atom. The maximum Gasteiger partial charge on any atom is 0.227 e. The molecule has 4 heteroatoms. The van der Waals surface area contributed by atoms with E-state index in [1.165, 1.54) is 0 Å². The van der Waals surface area contributed by atoms with Crippen LogP contribution in [0.3, 0.4) is 0 Å². The smallest absolute Gasteiger partial charge is 0.227 e. The van der Waals surface area contributed by atoms with Crippen LogP contribution in [0.15, 0.2) is 0 Å². The number of rotatable bonds is 4. The Morgan fingerprint density at radius 2 is 2.16 bits per heavy atom. The largest absolute Gasteiger partial charge is 0.391 e. The fourth-order valence-corrected chi connectivity index (χ4v) is 3.57. The number of aliphatic hydroxyl groups is 1. The lowest BCUT2D eigenvalue weighted by atomic mass is 9.75. The van der Waals surface area contributed by atoms with E-state index in [1.54, 1.807) is 0 Å². The summed E-state index contributed by atoms with van der Waals surface area (Å²) in [5.41, 5.74) is -0.246. The SMILES string of the molecule is CCCC1(C(=O)NC2CCCCC2O)CCCNC1. The van der Waals surface area contributed by atoms with Crippen molar-refractivity contribution in [3.05, 3.63) is 0 Å². The monoisotopic (exact) mass is 268 g/mol. The molecule has 0 bridgehead atoms. The van der Waals surface area contributed by atoms with Crippen LogP contribution in [0.2, 0.25) is 0 Å². The Bertz CT molecular complexity index is 295. The summed E-state index contributed by atoms with van der Waals surface area (Å²) >= 11 is 0. The summed E-state index contributed by atoms with van der Waals surface area (Å²) in [5.74, 6) is 0.160. The van der Waals surface area contributed by atoms with Gasteiger partial charge in [0.15, 0.2) is 0 Å². The minimum absolute atomic E-state index is 0.0306. The molecule has 110 valence electrons. The van der Waals surface area contributed by atoms with Crippen LogP contribution in [0, 0.1) is 5.41 Å². The Balaban J connectivity index is 1.98. The molecule has 3 unspecified atom stereocenters. The molecule has 1 heterocycles. The Labute approximate surface area is 116 Å². The maximum absolute atomic E-state index is 12.7. The highest BCUT2D eigenvalue weighted by molar-refractivity contribution is 5.83. The van der Waals surface area contributed by atoms with Crippen LogP contribution in [-0.4, -0.2) is 36.2 Å². The second-order valence-electron chi connectivity index (χ2n) is 6.24. The molecule has 3 atom stereocenters. The Hall–Kier alpha value is -0.610. The highest BCUT2D eigenvalue weighted by atomic mass is 16.3. The molecule has 0 aromatic carbocycles. The van der Waals surface area contributed by atoms with Gasteiger partial charge in [0.1, 0.15) is 0 Å². The van der Waals surface area contributed by atoms with Gasteiger partial charge in [-0.05, 0) is 38.6 Å². The van der Waals surface area contributed by atoms with Gasteiger partial charge in [-0.3, -0.25) is 4.79 Å². The summed E-state index contributed by atoms with van der Waals surface area (Å²) in [4.78, 5) is 12.7. The molecule has 1 saturated heterocycles. The molecule has 1 amide bonds. The number of hydrogen-bond acceptors (Lipinski definition) is 3. The minimum Gasteiger partial charge on any atom is -0.391 e. The molecule has 4 nitrogen and oxygen atoms in total. The number of amides is 1. The molecule has 1 aliphatic heterocycles. The Kier molecular flexibility index (Phi) is 5.22. The predicted octanol–water partition coefficient (Wildman–Crippen LogP) is 1.58. The van der Waals surface area contributed by atoms with Crippen LogP contribution >= 0.6 is 0 Å². The van der Waals surface area contributed by atoms with Crippen molar-refractivity contribution < 1.29 is 9.90 Å². The summed E-state index contributed by atoms with van der Waals surface area (Å²) < 4.78 is 0. The van der Waals surface area contributed by atoms with E-state index in [9.17, 15) is 9.90 Å². The van der Waals surface area contributed by atoms with Crippen molar-refractivity contribution in [2.75, 3.05) is 13.1 Å². The summed E-state index contributed by atoms with van der Waals surface area (Å²) in [5, 5.41) is 16.5. The molecule has 0 spiro atoms. The highest BCUT2D eigenvalue weighted by Gasteiger charge is 2.40. The van der Waals surface area contributed by atoms with E-state index in [-0.39, 0.29) is 23.5 Å². The molecule has 2 fully saturated rings. The van der Waals surface area contributed by atoms with Gasteiger partial charge < -0.3 is 15.7 Å². The second-order valence-corrected chi connectivity index (χ2v) is 6.24. The number of carbonyl (C=O) groups is 1. The van der Waals surface area contributed by atoms with Gasteiger partial charge in [0.05, 0.1) is 17.6 Å². The zero-order valence-electron chi connectivity index (χ0n) is 12.1. The molecular formula is C15H28N2O2. The molecule has 0 aromatic rings.